The Labute approximate surface area is 288 Å². The number of benzene rings is 1. The second-order valence-electron chi connectivity index (χ2n) is 12.1. The SMILES string of the molecule is C[C@@H](Cn1cnnn1)Oc1cc(-c2cnc(Nc3cn(C4CCC(N5CCOCC5)CC4)nc3OCCCOCC(F)F)nc2)ccc1Cl. The lowest BCUT2D eigenvalue weighted by atomic mass is 9.90. The first-order valence-electron chi connectivity index (χ1n) is 16.6. The molecule has 6 rings (SSSR count). The molecule has 4 aromatic rings. The van der Waals surface area contributed by atoms with Gasteiger partial charge in [0.1, 0.15) is 30.5 Å². The van der Waals surface area contributed by atoms with Crippen molar-refractivity contribution in [2.45, 2.75) is 70.2 Å². The maximum absolute atomic E-state index is 12.4. The van der Waals surface area contributed by atoms with Crippen molar-refractivity contribution in [1.82, 2.24) is 44.9 Å². The van der Waals surface area contributed by atoms with Gasteiger partial charge in [-0.05, 0) is 60.7 Å². The highest BCUT2D eigenvalue weighted by molar-refractivity contribution is 6.32. The van der Waals surface area contributed by atoms with E-state index in [2.05, 4.69) is 35.7 Å². The molecule has 1 aromatic carbocycles. The minimum absolute atomic E-state index is 0.166. The molecule has 3 aromatic heterocycles. The van der Waals surface area contributed by atoms with Gasteiger partial charge in [0.15, 0.2) is 0 Å². The summed E-state index contributed by atoms with van der Waals surface area (Å²) in [5, 5.41) is 19.7. The largest absolute Gasteiger partial charge is 0.487 e. The molecule has 0 bridgehead atoms. The second kappa shape index (κ2) is 17.1. The first-order valence-corrected chi connectivity index (χ1v) is 16.9. The van der Waals surface area contributed by atoms with Gasteiger partial charge < -0.3 is 24.3 Å². The number of rotatable bonds is 16. The molecule has 4 heterocycles. The monoisotopic (exact) mass is 702 g/mol. The van der Waals surface area contributed by atoms with E-state index in [4.69, 9.17) is 35.6 Å². The highest BCUT2D eigenvalue weighted by atomic mass is 35.5. The van der Waals surface area contributed by atoms with Gasteiger partial charge in [-0.1, -0.05) is 17.7 Å². The van der Waals surface area contributed by atoms with Crippen LogP contribution in [0.15, 0.2) is 43.1 Å². The van der Waals surface area contributed by atoms with E-state index >= 15 is 0 Å². The highest BCUT2D eigenvalue weighted by Gasteiger charge is 2.29. The van der Waals surface area contributed by atoms with Gasteiger partial charge in [0.2, 0.25) is 5.95 Å². The van der Waals surface area contributed by atoms with Crippen LogP contribution in [0.5, 0.6) is 11.6 Å². The zero-order valence-corrected chi connectivity index (χ0v) is 28.1. The van der Waals surface area contributed by atoms with Crippen LogP contribution in [-0.4, -0.2) is 110 Å². The average Bonchev–Trinajstić information content (AvgIpc) is 3.78. The molecule has 264 valence electrons. The van der Waals surface area contributed by atoms with Crippen LogP contribution in [0.4, 0.5) is 20.4 Å². The van der Waals surface area contributed by atoms with Crippen LogP contribution in [0.2, 0.25) is 5.02 Å². The number of halogens is 3. The number of alkyl halides is 2. The first-order chi connectivity index (χ1) is 23.9. The summed E-state index contributed by atoms with van der Waals surface area (Å²) in [5.74, 6) is 1.28. The number of hydrogen-bond donors (Lipinski definition) is 1. The predicted octanol–water partition coefficient (Wildman–Crippen LogP) is 5.06. The Hall–Kier alpha value is -3.99. The van der Waals surface area contributed by atoms with Crippen molar-refractivity contribution < 1.29 is 27.7 Å². The molecule has 1 atom stereocenters. The van der Waals surface area contributed by atoms with E-state index in [9.17, 15) is 8.78 Å². The number of nitrogens with one attached hydrogen (secondary N) is 1. The van der Waals surface area contributed by atoms with Crippen LogP contribution in [-0.2, 0) is 16.0 Å². The molecule has 14 nitrogen and oxygen atoms in total. The molecule has 2 fully saturated rings. The summed E-state index contributed by atoms with van der Waals surface area (Å²) in [6.45, 7) is 5.76. The maximum atomic E-state index is 12.4. The summed E-state index contributed by atoms with van der Waals surface area (Å²) in [4.78, 5) is 11.6. The van der Waals surface area contributed by atoms with E-state index in [1.807, 2.05) is 29.9 Å². The lowest BCUT2D eigenvalue weighted by Gasteiger charge is -2.38. The molecule has 1 aliphatic carbocycles. The van der Waals surface area contributed by atoms with Crippen molar-refractivity contribution in [1.29, 1.82) is 0 Å². The van der Waals surface area contributed by atoms with Gasteiger partial charge in [0.25, 0.3) is 12.3 Å². The Bertz CT molecular complexity index is 1580. The molecule has 0 amide bonds. The molecular formula is C32H41ClF2N10O4. The van der Waals surface area contributed by atoms with Crippen molar-refractivity contribution in [3.05, 3.63) is 48.1 Å². The van der Waals surface area contributed by atoms with Crippen LogP contribution in [0, 0.1) is 0 Å². The van der Waals surface area contributed by atoms with E-state index < -0.39 is 13.0 Å². The van der Waals surface area contributed by atoms with Crippen molar-refractivity contribution >= 4 is 23.2 Å². The lowest BCUT2D eigenvalue weighted by molar-refractivity contribution is 0.00501. The van der Waals surface area contributed by atoms with Crippen molar-refractivity contribution in [3.8, 4) is 22.8 Å². The van der Waals surface area contributed by atoms with Crippen molar-refractivity contribution in [3.63, 3.8) is 0 Å². The fraction of sp³-hybridized carbons (Fsp3) is 0.562. The zero-order valence-electron chi connectivity index (χ0n) is 27.3. The van der Waals surface area contributed by atoms with Gasteiger partial charge in [-0.15, -0.1) is 10.2 Å². The molecule has 49 heavy (non-hydrogen) atoms. The lowest BCUT2D eigenvalue weighted by Crippen LogP contribution is -2.45. The topological polar surface area (TPSA) is 139 Å². The highest BCUT2D eigenvalue weighted by Crippen LogP contribution is 2.35. The quantitative estimate of drug-likeness (QED) is 0.156. The average molecular weight is 703 g/mol. The molecule has 0 unspecified atom stereocenters. The van der Waals surface area contributed by atoms with Crippen LogP contribution in [0.25, 0.3) is 11.1 Å². The normalized spacial score (nSPS) is 19.2. The summed E-state index contributed by atoms with van der Waals surface area (Å²) < 4.78 is 51.0. The van der Waals surface area contributed by atoms with Crippen LogP contribution < -0.4 is 14.8 Å². The summed E-state index contributed by atoms with van der Waals surface area (Å²) in [5.41, 5.74) is 2.22. The number of tetrazole rings is 1. The Balaban J connectivity index is 1.11. The molecular weight excluding hydrogens is 662 g/mol. The summed E-state index contributed by atoms with van der Waals surface area (Å²) in [6.07, 6.45) is 8.77. The Morgan fingerprint density at radius 3 is 2.55 bits per heavy atom. The van der Waals surface area contributed by atoms with Gasteiger partial charge in [-0.3, -0.25) is 9.58 Å². The molecule has 17 heteroatoms. The zero-order chi connectivity index (χ0) is 34.0. The van der Waals surface area contributed by atoms with E-state index in [0.29, 0.717) is 47.3 Å². The molecule has 1 saturated carbocycles. The predicted molar refractivity (Wildman–Crippen MR) is 177 cm³/mol. The Morgan fingerprint density at radius 2 is 1.82 bits per heavy atom. The van der Waals surface area contributed by atoms with Gasteiger partial charge in [-0.25, -0.2) is 23.4 Å². The smallest absolute Gasteiger partial charge is 0.261 e. The van der Waals surface area contributed by atoms with E-state index in [0.717, 1.165) is 63.1 Å². The third-order valence-corrected chi connectivity index (χ3v) is 8.85. The summed E-state index contributed by atoms with van der Waals surface area (Å²) >= 11 is 6.44. The van der Waals surface area contributed by atoms with E-state index in [1.165, 1.54) is 6.33 Å². The first kappa shape index (κ1) is 34.9. The number of ether oxygens (including phenoxy) is 4. The fourth-order valence-electron chi connectivity index (χ4n) is 6.10. The van der Waals surface area contributed by atoms with E-state index in [-0.39, 0.29) is 25.4 Å². The van der Waals surface area contributed by atoms with Gasteiger partial charge >= 0.3 is 0 Å². The van der Waals surface area contributed by atoms with Gasteiger partial charge in [0.05, 0.1) is 50.2 Å². The number of hydrogen-bond acceptors (Lipinski definition) is 12. The Kier molecular flexibility index (Phi) is 12.2. The molecule has 2 aliphatic rings. The number of nitrogens with zero attached hydrogens (tertiary/aromatic N) is 9. The van der Waals surface area contributed by atoms with Crippen molar-refractivity contribution in [2.75, 3.05) is 51.4 Å². The van der Waals surface area contributed by atoms with Crippen LogP contribution in [0.3, 0.4) is 0 Å². The third-order valence-electron chi connectivity index (χ3n) is 8.54. The van der Waals surface area contributed by atoms with E-state index in [1.54, 1.807) is 23.1 Å². The minimum Gasteiger partial charge on any atom is -0.487 e. The molecule has 0 spiro atoms. The maximum Gasteiger partial charge on any atom is 0.261 e. The fourth-order valence-corrected chi connectivity index (χ4v) is 6.27. The number of anilines is 2. The van der Waals surface area contributed by atoms with Gasteiger partial charge in [0, 0.05) is 43.5 Å². The molecule has 1 N–H and O–H groups in total. The van der Waals surface area contributed by atoms with Crippen molar-refractivity contribution in [2.24, 2.45) is 0 Å². The van der Waals surface area contributed by atoms with Crippen LogP contribution in [0.1, 0.15) is 45.1 Å². The Morgan fingerprint density at radius 1 is 1.04 bits per heavy atom. The summed E-state index contributed by atoms with van der Waals surface area (Å²) in [6, 6.07) is 6.28. The number of morpholine rings is 1. The second-order valence-corrected chi connectivity index (χ2v) is 12.5. The number of aromatic nitrogens is 8. The standard InChI is InChI=1S/C32H41ClF2N10O4/c1-22(18-44-21-38-41-42-44)49-29-15-23(3-8-27(29)33)24-16-36-32(37-17-24)39-28-19-45(40-31(28)48-12-2-11-47-20-30(34)35)26-6-4-25(5-7-26)43-9-13-46-14-10-43/h3,8,15-17,19,21-22,25-26,30H,2,4-7,9-14,18,20H2,1H3,(H,36,37,39)/t22-,25?,26?/m0/s1. The molecule has 1 aliphatic heterocycles. The van der Waals surface area contributed by atoms with Gasteiger partial charge in [-0.2, -0.15) is 0 Å². The molecule has 1 saturated heterocycles. The minimum atomic E-state index is -2.50. The summed E-state index contributed by atoms with van der Waals surface area (Å²) in [7, 11) is 0. The van der Waals surface area contributed by atoms with Crippen LogP contribution >= 0.6 is 11.6 Å². The molecule has 0 radical (unpaired) electrons. The third kappa shape index (κ3) is 9.80.